The van der Waals surface area contributed by atoms with Crippen LogP contribution in [0.4, 0.5) is 0 Å². The summed E-state index contributed by atoms with van der Waals surface area (Å²) < 4.78 is 0. The van der Waals surface area contributed by atoms with Gasteiger partial charge in [0.25, 0.3) is 0 Å². The van der Waals surface area contributed by atoms with Crippen molar-refractivity contribution < 1.29 is 20.1 Å². The minimum atomic E-state index is -1.13. The van der Waals surface area contributed by atoms with Gasteiger partial charge >= 0.3 is 5.97 Å². The van der Waals surface area contributed by atoms with Gasteiger partial charge in [0.15, 0.2) is 0 Å². The molecule has 6 N–H and O–H groups in total. The number of phenols is 1. The normalized spacial score (nSPS) is 12.8. The van der Waals surface area contributed by atoms with Crippen molar-refractivity contribution in [1.82, 2.24) is 4.98 Å². The third-order valence-corrected chi connectivity index (χ3v) is 2.62. The van der Waals surface area contributed by atoms with Crippen molar-refractivity contribution in [3.8, 4) is 5.75 Å². The maximum atomic E-state index is 10.8. The number of aromatic amines is 1. The standard InChI is InChI=1S/C11H12N2O4/c12-4-9(15)5-1-2-8(14)10-6(5)3-7(13-10)11(16)17/h1-3,9,13-15H,4,12H2,(H,16,17). The Labute approximate surface area is 96.3 Å². The molecule has 0 saturated heterocycles. The molecule has 0 aliphatic rings. The van der Waals surface area contributed by atoms with E-state index < -0.39 is 12.1 Å². The number of nitrogens with one attached hydrogen (secondary N) is 1. The minimum absolute atomic E-state index is 0.0213. The second kappa shape index (κ2) is 4.08. The highest BCUT2D eigenvalue weighted by molar-refractivity contribution is 5.97. The van der Waals surface area contributed by atoms with E-state index in [0.717, 1.165) is 0 Å². The number of aromatic carboxylic acids is 1. The Morgan fingerprint density at radius 1 is 1.47 bits per heavy atom. The van der Waals surface area contributed by atoms with Crippen molar-refractivity contribution >= 4 is 16.9 Å². The van der Waals surface area contributed by atoms with Crippen LogP contribution in [0, 0.1) is 0 Å². The van der Waals surface area contributed by atoms with Gasteiger partial charge in [0, 0.05) is 11.9 Å². The Bertz CT molecular complexity index is 576. The summed E-state index contributed by atoms with van der Waals surface area (Å²) in [6.07, 6.45) is -0.893. The Kier molecular flexibility index (Phi) is 2.74. The molecule has 1 heterocycles. The Morgan fingerprint density at radius 3 is 2.76 bits per heavy atom. The summed E-state index contributed by atoms with van der Waals surface area (Å²) in [6, 6.07) is 4.28. The molecule has 0 radical (unpaired) electrons. The number of fused-ring (bicyclic) bond motifs is 1. The van der Waals surface area contributed by atoms with Crippen molar-refractivity contribution in [2.75, 3.05) is 6.54 Å². The van der Waals surface area contributed by atoms with Gasteiger partial charge in [-0.15, -0.1) is 0 Å². The van der Waals surface area contributed by atoms with Crippen LogP contribution in [0.5, 0.6) is 5.75 Å². The predicted octanol–water partition coefficient (Wildman–Crippen LogP) is 0.564. The summed E-state index contributed by atoms with van der Waals surface area (Å²) in [5.74, 6) is -1.20. The third-order valence-electron chi connectivity index (χ3n) is 2.62. The van der Waals surface area contributed by atoms with Crippen LogP contribution in [-0.2, 0) is 0 Å². The number of carboxylic acids is 1. The van der Waals surface area contributed by atoms with E-state index in [1.165, 1.54) is 18.2 Å². The number of hydrogen-bond donors (Lipinski definition) is 5. The average molecular weight is 236 g/mol. The molecule has 0 saturated carbocycles. The number of H-pyrrole nitrogens is 1. The quantitative estimate of drug-likeness (QED) is 0.533. The van der Waals surface area contributed by atoms with Gasteiger partial charge in [-0.3, -0.25) is 0 Å². The number of rotatable bonds is 3. The molecule has 1 aromatic carbocycles. The van der Waals surface area contributed by atoms with Crippen LogP contribution in [-0.4, -0.2) is 32.8 Å². The number of nitrogens with two attached hydrogens (primary N) is 1. The average Bonchev–Trinajstić information content (AvgIpc) is 2.74. The van der Waals surface area contributed by atoms with Crippen LogP contribution < -0.4 is 5.73 Å². The first kappa shape index (κ1) is 11.4. The molecule has 2 aromatic rings. The second-order valence-electron chi connectivity index (χ2n) is 3.70. The zero-order valence-electron chi connectivity index (χ0n) is 8.84. The van der Waals surface area contributed by atoms with Gasteiger partial charge in [0.2, 0.25) is 0 Å². The Hall–Kier alpha value is -2.05. The number of benzene rings is 1. The molecule has 0 amide bonds. The molecule has 1 aromatic heterocycles. The zero-order valence-corrected chi connectivity index (χ0v) is 8.84. The molecule has 6 nitrogen and oxygen atoms in total. The second-order valence-corrected chi connectivity index (χ2v) is 3.70. The van der Waals surface area contributed by atoms with Gasteiger partial charge in [-0.1, -0.05) is 6.07 Å². The van der Waals surface area contributed by atoms with E-state index in [2.05, 4.69) is 4.98 Å². The highest BCUT2D eigenvalue weighted by atomic mass is 16.4. The molecule has 17 heavy (non-hydrogen) atoms. The van der Waals surface area contributed by atoms with E-state index in [0.29, 0.717) is 10.9 Å². The lowest BCUT2D eigenvalue weighted by molar-refractivity contribution is 0.0691. The minimum Gasteiger partial charge on any atom is -0.506 e. The number of aromatic nitrogens is 1. The lowest BCUT2D eigenvalue weighted by atomic mass is 10.0. The van der Waals surface area contributed by atoms with Crippen molar-refractivity contribution in [2.24, 2.45) is 5.73 Å². The SMILES string of the molecule is NCC(O)c1ccc(O)c2[nH]c(C(=O)O)cc12. The molecular formula is C11H12N2O4. The lowest BCUT2D eigenvalue weighted by Crippen LogP contribution is -2.11. The molecule has 6 heteroatoms. The number of hydrogen-bond acceptors (Lipinski definition) is 4. The molecular weight excluding hydrogens is 224 g/mol. The van der Waals surface area contributed by atoms with Crippen molar-refractivity contribution in [3.05, 3.63) is 29.5 Å². The van der Waals surface area contributed by atoms with E-state index in [-0.39, 0.29) is 23.5 Å². The summed E-state index contributed by atoms with van der Waals surface area (Å²) in [5.41, 5.74) is 6.09. The van der Waals surface area contributed by atoms with E-state index in [1.807, 2.05) is 0 Å². The van der Waals surface area contributed by atoms with Crippen LogP contribution in [0.3, 0.4) is 0 Å². The van der Waals surface area contributed by atoms with Crippen LogP contribution in [0.1, 0.15) is 22.2 Å². The first-order valence-electron chi connectivity index (χ1n) is 5.00. The fraction of sp³-hybridized carbons (Fsp3) is 0.182. The fourth-order valence-corrected chi connectivity index (χ4v) is 1.76. The van der Waals surface area contributed by atoms with E-state index in [1.54, 1.807) is 0 Å². The summed E-state index contributed by atoms with van der Waals surface area (Å²) >= 11 is 0. The van der Waals surface area contributed by atoms with E-state index in [9.17, 15) is 15.0 Å². The van der Waals surface area contributed by atoms with Gasteiger partial charge < -0.3 is 26.0 Å². The first-order chi connectivity index (χ1) is 8.04. The molecule has 0 spiro atoms. The maximum absolute atomic E-state index is 10.8. The van der Waals surface area contributed by atoms with Crippen LogP contribution >= 0.6 is 0 Å². The molecule has 1 unspecified atom stereocenters. The van der Waals surface area contributed by atoms with Crippen LogP contribution in [0.15, 0.2) is 18.2 Å². The van der Waals surface area contributed by atoms with Gasteiger partial charge in [0.05, 0.1) is 11.6 Å². The number of carboxylic acid groups (broad SMARTS) is 1. The van der Waals surface area contributed by atoms with Crippen molar-refractivity contribution in [2.45, 2.75) is 6.10 Å². The largest absolute Gasteiger partial charge is 0.506 e. The molecule has 1 atom stereocenters. The number of aliphatic hydroxyl groups excluding tert-OH is 1. The van der Waals surface area contributed by atoms with E-state index >= 15 is 0 Å². The summed E-state index contributed by atoms with van der Waals surface area (Å²) in [7, 11) is 0. The number of carbonyl (C=O) groups is 1. The molecule has 90 valence electrons. The van der Waals surface area contributed by atoms with Gasteiger partial charge in [-0.25, -0.2) is 4.79 Å². The fourth-order valence-electron chi connectivity index (χ4n) is 1.76. The monoisotopic (exact) mass is 236 g/mol. The highest BCUT2D eigenvalue weighted by Gasteiger charge is 2.16. The topological polar surface area (TPSA) is 120 Å². The lowest BCUT2D eigenvalue weighted by Gasteiger charge is -2.09. The van der Waals surface area contributed by atoms with E-state index in [4.69, 9.17) is 10.8 Å². The third kappa shape index (κ3) is 1.83. The summed E-state index contributed by atoms with van der Waals surface area (Å²) in [5, 5.41) is 28.6. The smallest absolute Gasteiger partial charge is 0.352 e. The van der Waals surface area contributed by atoms with Crippen molar-refractivity contribution in [3.63, 3.8) is 0 Å². The van der Waals surface area contributed by atoms with Crippen LogP contribution in [0.2, 0.25) is 0 Å². The number of aromatic hydroxyl groups is 1. The first-order valence-corrected chi connectivity index (χ1v) is 5.00. The van der Waals surface area contributed by atoms with Crippen LogP contribution in [0.25, 0.3) is 10.9 Å². The predicted molar refractivity (Wildman–Crippen MR) is 60.9 cm³/mol. The molecule has 0 aliphatic heterocycles. The molecule has 0 aliphatic carbocycles. The molecule has 0 bridgehead atoms. The number of aliphatic hydroxyl groups is 1. The molecule has 2 rings (SSSR count). The van der Waals surface area contributed by atoms with Crippen molar-refractivity contribution in [1.29, 1.82) is 0 Å². The van der Waals surface area contributed by atoms with Gasteiger partial charge in [-0.05, 0) is 17.7 Å². The summed E-state index contributed by atoms with van der Waals surface area (Å²) in [4.78, 5) is 13.4. The van der Waals surface area contributed by atoms with Gasteiger partial charge in [0.1, 0.15) is 11.4 Å². The Morgan fingerprint density at radius 2 is 2.18 bits per heavy atom. The maximum Gasteiger partial charge on any atom is 0.352 e. The zero-order chi connectivity index (χ0) is 12.6. The Balaban J connectivity index is 2.71. The highest BCUT2D eigenvalue weighted by Crippen LogP contribution is 2.31. The number of phenolic OH excluding ortho intramolecular Hbond substituents is 1. The molecule has 0 fully saturated rings. The van der Waals surface area contributed by atoms with Gasteiger partial charge in [-0.2, -0.15) is 0 Å². The summed E-state index contributed by atoms with van der Waals surface area (Å²) in [6.45, 7) is 0.0213.